The Labute approximate surface area is 212 Å². The first kappa shape index (κ1) is 24.7. The molecule has 3 heterocycles. The summed E-state index contributed by atoms with van der Waals surface area (Å²) in [6.07, 6.45) is 6.60. The van der Waals surface area contributed by atoms with Gasteiger partial charge in [0.25, 0.3) is 10.1 Å². The molecule has 7 nitrogen and oxygen atoms in total. The minimum Gasteiger partial charge on any atom is -0.270 e. The summed E-state index contributed by atoms with van der Waals surface area (Å²) in [6.45, 7) is 0.418. The zero-order valence-electron chi connectivity index (χ0n) is 19.8. The minimum atomic E-state index is -3.53. The maximum atomic E-state index is 13.9. The molecule has 37 heavy (non-hydrogen) atoms. The van der Waals surface area contributed by atoms with Crippen molar-refractivity contribution >= 4 is 21.2 Å². The van der Waals surface area contributed by atoms with Crippen LogP contribution in [0.1, 0.15) is 6.42 Å². The molecule has 0 saturated heterocycles. The fraction of sp³-hybridized carbons (Fsp3) is 0.148. The van der Waals surface area contributed by atoms with Gasteiger partial charge in [0, 0.05) is 47.2 Å². The molecule has 5 aromatic rings. The van der Waals surface area contributed by atoms with E-state index in [-0.39, 0.29) is 18.2 Å². The quantitative estimate of drug-likeness (QED) is 0.199. The lowest BCUT2D eigenvalue weighted by Gasteiger charge is -2.16. The Morgan fingerprint density at radius 1 is 0.838 bits per heavy atom. The van der Waals surface area contributed by atoms with Crippen molar-refractivity contribution < 1.29 is 21.4 Å². The van der Waals surface area contributed by atoms with E-state index in [1.54, 1.807) is 41.3 Å². The van der Waals surface area contributed by atoms with Crippen LogP contribution in [0.3, 0.4) is 0 Å². The fourth-order valence-electron chi connectivity index (χ4n) is 4.17. The maximum absolute atomic E-state index is 13.9. The first-order chi connectivity index (χ1) is 17.8. The summed E-state index contributed by atoms with van der Waals surface area (Å²) in [6, 6.07) is 15.9. The molecule has 2 aromatic carbocycles. The average Bonchev–Trinajstić information content (AvgIpc) is 3.29. The van der Waals surface area contributed by atoms with E-state index >= 15 is 0 Å². The van der Waals surface area contributed by atoms with Crippen molar-refractivity contribution in [2.24, 2.45) is 0 Å². The second-order valence-corrected chi connectivity index (χ2v) is 10.1. The van der Waals surface area contributed by atoms with Gasteiger partial charge in [0.05, 0.1) is 18.6 Å². The Balaban J connectivity index is 1.73. The van der Waals surface area contributed by atoms with Gasteiger partial charge in [-0.2, -0.15) is 13.5 Å². The minimum absolute atomic E-state index is 0.0242. The number of hydrogen-bond acceptors (Lipinski definition) is 6. The van der Waals surface area contributed by atoms with Crippen molar-refractivity contribution in [3.8, 4) is 33.5 Å². The van der Waals surface area contributed by atoms with Gasteiger partial charge in [-0.05, 0) is 66.1 Å². The molecule has 0 radical (unpaired) electrons. The molecule has 0 N–H and O–H groups in total. The zero-order chi connectivity index (χ0) is 26.0. The molecule has 0 amide bonds. The SMILES string of the molecule is CS(=O)(=O)OCCCn1cc2c(-c3ccc(F)cc3)c(-c3ccncc3)c(-c3ccc(F)cc3)nc2n1. The third-order valence-electron chi connectivity index (χ3n) is 5.76. The van der Waals surface area contributed by atoms with Gasteiger partial charge in [-0.25, -0.2) is 13.8 Å². The molecule has 0 aliphatic heterocycles. The number of hydrogen-bond donors (Lipinski definition) is 0. The normalized spacial score (nSPS) is 11.8. The smallest absolute Gasteiger partial charge is 0.264 e. The van der Waals surface area contributed by atoms with E-state index in [4.69, 9.17) is 9.17 Å². The van der Waals surface area contributed by atoms with Crippen LogP contribution in [0.4, 0.5) is 8.78 Å². The van der Waals surface area contributed by atoms with E-state index in [0.717, 1.165) is 33.9 Å². The van der Waals surface area contributed by atoms with E-state index in [2.05, 4.69) is 10.1 Å². The van der Waals surface area contributed by atoms with Gasteiger partial charge >= 0.3 is 0 Å². The lowest BCUT2D eigenvalue weighted by Crippen LogP contribution is -2.07. The Morgan fingerprint density at radius 2 is 1.43 bits per heavy atom. The molecule has 10 heteroatoms. The summed E-state index contributed by atoms with van der Waals surface area (Å²) >= 11 is 0. The second kappa shape index (κ2) is 10.2. The van der Waals surface area contributed by atoms with Gasteiger partial charge in [-0.15, -0.1) is 0 Å². The summed E-state index contributed by atoms with van der Waals surface area (Å²) in [5, 5.41) is 5.36. The molecule has 0 bridgehead atoms. The van der Waals surface area contributed by atoms with Crippen LogP contribution >= 0.6 is 0 Å². The predicted octanol–water partition coefficient (Wildman–Crippen LogP) is 5.47. The van der Waals surface area contributed by atoms with Gasteiger partial charge in [0.2, 0.25) is 0 Å². The van der Waals surface area contributed by atoms with Crippen molar-refractivity contribution in [2.75, 3.05) is 12.9 Å². The van der Waals surface area contributed by atoms with Gasteiger partial charge in [0.1, 0.15) is 11.6 Å². The van der Waals surface area contributed by atoms with E-state index in [0.29, 0.717) is 29.9 Å². The van der Waals surface area contributed by atoms with E-state index in [1.165, 1.54) is 24.3 Å². The highest BCUT2D eigenvalue weighted by Gasteiger charge is 2.22. The average molecular weight is 521 g/mol. The van der Waals surface area contributed by atoms with Gasteiger partial charge in [-0.3, -0.25) is 13.8 Å². The Morgan fingerprint density at radius 3 is 2.05 bits per heavy atom. The van der Waals surface area contributed by atoms with E-state index in [1.807, 2.05) is 18.3 Å². The number of aryl methyl sites for hydroxylation is 1. The highest BCUT2D eigenvalue weighted by atomic mass is 32.2. The molecule has 0 spiro atoms. The lowest BCUT2D eigenvalue weighted by atomic mass is 9.90. The number of benzene rings is 2. The first-order valence-corrected chi connectivity index (χ1v) is 13.3. The summed E-state index contributed by atoms with van der Waals surface area (Å²) in [5.41, 5.74) is 4.86. The van der Waals surface area contributed by atoms with E-state index < -0.39 is 10.1 Å². The van der Waals surface area contributed by atoms with Crippen LogP contribution in [-0.4, -0.2) is 41.0 Å². The molecule has 0 aliphatic rings. The van der Waals surface area contributed by atoms with Crippen LogP contribution < -0.4 is 0 Å². The maximum Gasteiger partial charge on any atom is 0.264 e. The molecule has 0 saturated carbocycles. The number of pyridine rings is 2. The van der Waals surface area contributed by atoms with Gasteiger partial charge in [-0.1, -0.05) is 12.1 Å². The van der Waals surface area contributed by atoms with Crippen molar-refractivity contribution in [2.45, 2.75) is 13.0 Å². The number of rotatable bonds is 8. The Kier molecular flexibility index (Phi) is 6.77. The molecule has 0 unspecified atom stereocenters. The van der Waals surface area contributed by atoms with Crippen molar-refractivity contribution in [3.63, 3.8) is 0 Å². The van der Waals surface area contributed by atoms with Crippen LogP contribution in [-0.2, 0) is 20.8 Å². The van der Waals surface area contributed by atoms with Gasteiger partial charge in [0.15, 0.2) is 5.65 Å². The molecule has 0 aliphatic carbocycles. The highest BCUT2D eigenvalue weighted by molar-refractivity contribution is 7.85. The largest absolute Gasteiger partial charge is 0.270 e. The monoisotopic (exact) mass is 520 g/mol. The molecule has 188 valence electrons. The predicted molar refractivity (Wildman–Crippen MR) is 137 cm³/mol. The number of fused-ring (bicyclic) bond motifs is 1. The van der Waals surface area contributed by atoms with Crippen molar-refractivity contribution in [3.05, 3.63) is 90.9 Å². The van der Waals surface area contributed by atoms with Crippen LogP contribution in [0.5, 0.6) is 0 Å². The molecular formula is C27H22F2N4O3S. The fourth-order valence-corrected chi connectivity index (χ4v) is 4.59. The van der Waals surface area contributed by atoms with E-state index in [9.17, 15) is 17.2 Å². The zero-order valence-corrected chi connectivity index (χ0v) is 20.6. The molecule has 0 fully saturated rings. The molecule has 3 aromatic heterocycles. The molecular weight excluding hydrogens is 498 g/mol. The number of halogens is 2. The molecule has 5 rings (SSSR count). The highest BCUT2D eigenvalue weighted by Crippen LogP contribution is 2.42. The Bertz CT molecular complexity index is 1650. The van der Waals surface area contributed by atoms with Crippen LogP contribution in [0.25, 0.3) is 44.5 Å². The third-order valence-corrected chi connectivity index (χ3v) is 6.36. The third kappa shape index (κ3) is 5.55. The standard InChI is InChI=1S/C27H22F2N4O3S/c1-37(34,35)36-16-2-15-33-17-23-24(18-3-7-21(28)8-4-18)25(19-11-13-30-14-12-19)26(31-27(23)32-33)20-5-9-22(29)10-6-20/h3-14,17H,2,15-16H2,1H3. The summed E-state index contributed by atoms with van der Waals surface area (Å²) in [5.74, 6) is -0.727. The van der Waals surface area contributed by atoms with Gasteiger partial charge < -0.3 is 0 Å². The number of aromatic nitrogens is 4. The van der Waals surface area contributed by atoms with Crippen molar-refractivity contribution in [1.29, 1.82) is 0 Å². The number of nitrogens with zero attached hydrogens (tertiary/aromatic N) is 4. The second-order valence-electron chi connectivity index (χ2n) is 8.47. The van der Waals surface area contributed by atoms with Crippen LogP contribution in [0.15, 0.2) is 79.3 Å². The summed E-state index contributed by atoms with van der Waals surface area (Å²) in [4.78, 5) is 9.00. The topological polar surface area (TPSA) is 87.0 Å². The first-order valence-electron chi connectivity index (χ1n) is 11.5. The lowest BCUT2D eigenvalue weighted by molar-refractivity contribution is 0.304. The van der Waals surface area contributed by atoms with Crippen molar-refractivity contribution in [1.82, 2.24) is 19.7 Å². The summed E-state index contributed by atoms with van der Waals surface area (Å²) < 4.78 is 56.7. The molecule has 0 atom stereocenters. The Hall–Kier alpha value is -4.02. The van der Waals surface area contributed by atoms with Crippen LogP contribution in [0, 0.1) is 11.6 Å². The van der Waals surface area contributed by atoms with Crippen LogP contribution in [0.2, 0.25) is 0 Å². The summed E-state index contributed by atoms with van der Waals surface area (Å²) in [7, 11) is -3.53.